The molecule has 1 aromatic rings. The molecule has 3 rings (SSSR count). The van der Waals surface area contributed by atoms with E-state index in [9.17, 15) is 9.59 Å². The van der Waals surface area contributed by atoms with Crippen LogP contribution < -0.4 is 10.6 Å². The van der Waals surface area contributed by atoms with Gasteiger partial charge in [-0.25, -0.2) is 0 Å². The Morgan fingerprint density at radius 3 is 2.74 bits per heavy atom. The number of thiophene rings is 1. The average molecular weight is 338 g/mol. The average Bonchev–Trinajstić information content (AvgIpc) is 3.21. The molecule has 0 radical (unpaired) electrons. The van der Waals surface area contributed by atoms with Crippen molar-refractivity contribution in [2.24, 2.45) is 0 Å². The monoisotopic (exact) mass is 338 g/mol. The van der Waals surface area contributed by atoms with E-state index < -0.39 is 17.6 Å². The van der Waals surface area contributed by atoms with Gasteiger partial charge in [-0.2, -0.15) is 0 Å². The lowest BCUT2D eigenvalue weighted by Gasteiger charge is -2.31. The molecule has 6 nitrogen and oxygen atoms in total. The summed E-state index contributed by atoms with van der Waals surface area (Å²) in [5.41, 5.74) is 0. The molecule has 1 aromatic heterocycles. The molecule has 7 heteroatoms. The summed E-state index contributed by atoms with van der Waals surface area (Å²) in [5.74, 6) is -1.70. The Balaban J connectivity index is 1.38. The van der Waals surface area contributed by atoms with E-state index in [2.05, 4.69) is 10.6 Å². The van der Waals surface area contributed by atoms with Crippen molar-refractivity contribution in [2.45, 2.75) is 50.5 Å². The third-order valence-corrected chi connectivity index (χ3v) is 5.11. The van der Waals surface area contributed by atoms with Gasteiger partial charge in [0.2, 0.25) is 0 Å². The molecule has 2 N–H and O–H groups in total. The van der Waals surface area contributed by atoms with Crippen LogP contribution in [0.15, 0.2) is 17.5 Å². The van der Waals surface area contributed by atoms with Crippen molar-refractivity contribution in [3.05, 3.63) is 22.4 Å². The zero-order chi connectivity index (χ0) is 16.1. The van der Waals surface area contributed by atoms with Crippen LogP contribution in [0, 0.1) is 0 Å². The Morgan fingerprint density at radius 1 is 1.22 bits per heavy atom. The highest BCUT2D eigenvalue weighted by molar-refractivity contribution is 7.09. The number of ether oxygens (including phenoxy) is 2. The fourth-order valence-electron chi connectivity index (χ4n) is 3.02. The quantitative estimate of drug-likeness (QED) is 0.817. The molecule has 23 heavy (non-hydrogen) atoms. The van der Waals surface area contributed by atoms with Crippen LogP contribution >= 0.6 is 11.3 Å². The van der Waals surface area contributed by atoms with Gasteiger partial charge in [-0.3, -0.25) is 9.59 Å². The molecule has 1 aliphatic heterocycles. The fraction of sp³-hybridized carbons (Fsp3) is 0.625. The van der Waals surface area contributed by atoms with Gasteiger partial charge >= 0.3 is 11.8 Å². The van der Waals surface area contributed by atoms with Crippen LogP contribution in [0.25, 0.3) is 0 Å². The number of amides is 2. The summed E-state index contributed by atoms with van der Waals surface area (Å²) < 4.78 is 11.8. The van der Waals surface area contributed by atoms with Crippen molar-refractivity contribution in [3.63, 3.8) is 0 Å². The number of carbonyl (C=O) groups excluding carboxylic acids is 2. The molecule has 2 aliphatic rings. The molecule has 1 atom stereocenters. The first-order valence-electron chi connectivity index (χ1n) is 8.07. The van der Waals surface area contributed by atoms with Crippen molar-refractivity contribution in [2.75, 3.05) is 13.2 Å². The molecule has 126 valence electrons. The Hall–Kier alpha value is -1.44. The van der Waals surface area contributed by atoms with Gasteiger partial charge in [0, 0.05) is 24.3 Å². The summed E-state index contributed by atoms with van der Waals surface area (Å²) in [4.78, 5) is 24.6. The van der Waals surface area contributed by atoms with Gasteiger partial charge in [0.15, 0.2) is 5.79 Å². The third-order valence-electron chi connectivity index (χ3n) is 4.23. The molecule has 2 fully saturated rings. The van der Waals surface area contributed by atoms with Crippen LogP contribution in [0.4, 0.5) is 0 Å². The van der Waals surface area contributed by atoms with Gasteiger partial charge in [0.1, 0.15) is 6.10 Å². The minimum atomic E-state index is -0.630. The van der Waals surface area contributed by atoms with E-state index in [1.54, 1.807) is 0 Å². The first kappa shape index (κ1) is 16.4. The van der Waals surface area contributed by atoms with Gasteiger partial charge < -0.3 is 20.1 Å². The van der Waals surface area contributed by atoms with E-state index >= 15 is 0 Å². The summed E-state index contributed by atoms with van der Waals surface area (Å²) in [7, 11) is 0. The number of rotatable bonds is 4. The summed E-state index contributed by atoms with van der Waals surface area (Å²) in [6.07, 6.45) is 5.11. The highest BCUT2D eigenvalue weighted by atomic mass is 32.1. The summed E-state index contributed by atoms with van der Waals surface area (Å²) >= 11 is 1.54. The zero-order valence-corrected chi connectivity index (χ0v) is 13.8. The molecule has 0 aromatic carbocycles. The molecule has 1 aliphatic carbocycles. The van der Waals surface area contributed by atoms with Crippen LogP contribution in [0.5, 0.6) is 0 Å². The van der Waals surface area contributed by atoms with Gasteiger partial charge in [-0.15, -0.1) is 11.3 Å². The van der Waals surface area contributed by atoms with Crippen LogP contribution in [0.2, 0.25) is 0 Å². The molecule has 1 saturated carbocycles. The van der Waals surface area contributed by atoms with E-state index in [4.69, 9.17) is 9.47 Å². The molecule has 1 spiro atoms. The van der Waals surface area contributed by atoms with Crippen molar-refractivity contribution in [3.8, 4) is 0 Å². The lowest BCUT2D eigenvalue weighted by Crippen LogP contribution is -2.43. The van der Waals surface area contributed by atoms with E-state index in [1.165, 1.54) is 17.8 Å². The maximum Gasteiger partial charge on any atom is 0.309 e. The van der Waals surface area contributed by atoms with E-state index in [0.717, 1.165) is 30.6 Å². The summed E-state index contributed by atoms with van der Waals surface area (Å²) in [6, 6.07) is 3.82. The van der Waals surface area contributed by atoms with Crippen LogP contribution in [-0.2, 0) is 25.6 Å². The fourth-order valence-corrected chi connectivity index (χ4v) is 3.66. The first-order valence-corrected chi connectivity index (χ1v) is 8.95. The van der Waals surface area contributed by atoms with Gasteiger partial charge in [-0.1, -0.05) is 12.5 Å². The maximum atomic E-state index is 11.8. The SMILES string of the molecule is O=C(NCc1cccs1)C(=O)NCC1COC2(CCCCC2)O1. The lowest BCUT2D eigenvalue weighted by atomic mass is 9.94. The molecule has 1 unspecified atom stereocenters. The highest BCUT2D eigenvalue weighted by Gasteiger charge is 2.42. The van der Waals surface area contributed by atoms with Crippen LogP contribution in [0.1, 0.15) is 37.0 Å². The Kier molecular flexibility index (Phi) is 5.30. The van der Waals surface area contributed by atoms with E-state index in [-0.39, 0.29) is 6.10 Å². The molecule has 2 amide bonds. The standard InChI is InChI=1S/C16H22N2O4S/c19-14(15(20)18-10-13-5-4-8-23-13)17-9-12-11-21-16(22-12)6-2-1-3-7-16/h4-5,8,12H,1-3,6-7,9-11H2,(H,17,19)(H,18,20). The third kappa shape index (κ3) is 4.31. The lowest BCUT2D eigenvalue weighted by molar-refractivity contribution is -0.186. The number of hydrogen-bond acceptors (Lipinski definition) is 5. The van der Waals surface area contributed by atoms with Crippen molar-refractivity contribution in [1.82, 2.24) is 10.6 Å². The van der Waals surface area contributed by atoms with E-state index in [1.807, 2.05) is 17.5 Å². The molecule has 0 bridgehead atoms. The molecular weight excluding hydrogens is 316 g/mol. The number of nitrogens with one attached hydrogen (secondary N) is 2. The second kappa shape index (κ2) is 7.42. The smallest absolute Gasteiger partial charge is 0.309 e. The minimum Gasteiger partial charge on any atom is -0.347 e. The second-order valence-corrected chi connectivity index (χ2v) is 7.03. The van der Waals surface area contributed by atoms with Gasteiger partial charge in [0.05, 0.1) is 13.2 Å². The van der Waals surface area contributed by atoms with Gasteiger partial charge in [0.25, 0.3) is 0 Å². The number of hydrogen-bond donors (Lipinski definition) is 2. The predicted molar refractivity (Wildman–Crippen MR) is 85.8 cm³/mol. The Morgan fingerprint density at radius 2 is 2.00 bits per heavy atom. The maximum absolute atomic E-state index is 11.8. The topological polar surface area (TPSA) is 76.7 Å². The highest BCUT2D eigenvalue weighted by Crippen LogP contribution is 2.37. The minimum absolute atomic E-state index is 0.179. The van der Waals surface area contributed by atoms with Crippen molar-refractivity contribution in [1.29, 1.82) is 0 Å². The van der Waals surface area contributed by atoms with E-state index in [0.29, 0.717) is 19.7 Å². The van der Waals surface area contributed by atoms with Crippen LogP contribution in [0.3, 0.4) is 0 Å². The second-order valence-electron chi connectivity index (χ2n) is 5.99. The molecular formula is C16H22N2O4S. The first-order chi connectivity index (χ1) is 11.2. The largest absolute Gasteiger partial charge is 0.347 e. The van der Waals surface area contributed by atoms with Crippen LogP contribution in [-0.4, -0.2) is 36.9 Å². The van der Waals surface area contributed by atoms with Crippen molar-refractivity contribution >= 4 is 23.2 Å². The predicted octanol–water partition coefficient (Wildman–Crippen LogP) is 1.56. The Labute approximate surface area is 139 Å². The van der Waals surface area contributed by atoms with Gasteiger partial charge in [-0.05, 0) is 24.3 Å². The van der Waals surface area contributed by atoms with Crippen molar-refractivity contribution < 1.29 is 19.1 Å². The Bertz CT molecular complexity index is 540. The number of carbonyl (C=O) groups is 2. The summed E-state index contributed by atoms with van der Waals surface area (Å²) in [6.45, 7) is 1.14. The molecule has 2 heterocycles. The normalized spacial score (nSPS) is 22.9. The zero-order valence-electron chi connectivity index (χ0n) is 13.0. The summed E-state index contributed by atoms with van der Waals surface area (Å²) in [5, 5.41) is 7.16. The molecule has 1 saturated heterocycles.